The van der Waals surface area contributed by atoms with Crippen molar-refractivity contribution in [1.29, 1.82) is 5.26 Å². The SMILES string of the molecule is N#Cc1ccc2c(c1)nc(-c1cccc(-c3c4ccc(-c5ccccc5)cc4c(-c4ccccc4)c4ccc(-c5ccccc5)cc34)c1)n2-c1ccccc1. The Morgan fingerprint density at radius 2 is 0.891 bits per heavy atom. The summed E-state index contributed by atoms with van der Waals surface area (Å²) in [7, 11) is 0. The number of para-hydroxylation sites is 1. The first-order valence-corrected chi connectivity index (χ1v) is 18.5. The zero-order valence-corrected chi connectivity index (χ0v) is 29.9. The van der Waals surface area contributed by atoms with E-state index < -0.39 is 0 Å². The molecule has 10 aromatic rings. The zero-order chi connectivity index (χ0) is 36.7. The van der Waals surface area contributed by atoms with Gasteiger partial charge in [-0.15, -0.1) is 0 Å². The molecule has 9 aromatic carbocycles. The number of imidazole rings is 1. The molecule has 0 aliphatic heterocycles. The van der Waals surface area contributed by atoms with Crippen LogP contribution in [0, 0.1) is 11.3 Å². The van der Waals surface area contributed by atoms with Crippen LogP contribution in [0.25, 0.3) is 94.2 Å². The Bertz CT molecular complexity index is 3070. The Hall–Kier alpha value is -7.54. The first-order chi connectivity index (χ1) is 27.2. The molecular weight excluding hydrogens is 667 g/mol. The Morgan fingerprint density at radius 1 is 0.382 bits per heavy atom. The van der Waals surface area contributed by atoms with Gasteiger partial charge in [0.1, 0.15) is 5.82 Å². The van der Waals surface area contributed by atoms with E-state index in [9.17, 15) is 5.26 Å². The predicted molar refractivity (Wildman–Crippen MR) is 228 cm³/mol. The maximum Gasteiger partial charge on any atom is 0.145 e. The molecule has 55 heavy (non-hydrogen) atoms. The molecular formula is C52H33N3. The highest BCUT2D eigenvalue weighted by molar-refractivity contribution is 6.22. The van der Waals surface area contributed by atoms with Gasteiger partial charge in [-0.1, -0.05) is 152 Å². The molecule has 0 aliphatic carbocycles. The van der Waals surface area contributed by atoms with Crippen LogP contribution in [-0.4, -0.2) is 9.55 Å². The van der Waals surface area contributed by atoms with E-state index in [1.807, 2.05) is 36.4 Å². The van der Waals surface area contributed by atoms with E-state index in [2.05, 4.69) is 174 Å². The van der Waals surface area contributed by atoms with Gasteiger partial charge in [-0.2, -0.15) is 5.26 Å². The molecule has 0 N–H and O–H groups in total. The number of fused-ring (bicyclic) bond motifs is 3. The van der Waals surface area contributed by atoms with Crippen LogP contribution in [0.4, 0.5) is 0 Å². The average Bonchev–Trinajstić information content (AvgIpc) is 3.65. The Balaban J connectivity index is 1.29. The summed E-state index contributed by atoms with van der Waals surface area (Å²) in [4.78, 5) is 5.19. The molecule has 256 valence electrons. The lowest BCUT2D eigenvalue weighted by molar-refractivity contribution is 1.10. The van der Waals surface area contributed by atoms with Crippen LogP contribution < -0.4 is 0 Å². The number of hydrogen-bond donors (Lipinski definition) is 0. The third-order valence-corrected chi connectivity index (χ3v) is 10.6. The van der Waals surface area contributed by atoms with Gasteiger partial charge in [0.25, 0.3) is 0 Å². The number of rotatable bonds is 6. The van der Waals surface area contributed by atoms with Gasteiger partial charge in [0.15, 0.2) is 0 Å². The molecule has 0 fully saturated rings. The number of benzene rings is 9. The van der Waals surface area contributed by atoms with E-state index in [1.54, 1.807) is 0 Å². The highest BCUT2D eigenvalue weighted by Crippen LogP contribution is 2.46. The quantitative estimate of drug-likeness (QED) is 0.162. The minimum atomic E-state index is 0.589. The van der Waals surface area contributed by atoms with Crippen molar-refractivity contribution >= 4 is 32.6 Å². The molecule has 0 saturated heterocycles. The van der Waals surface area contributed by atoms with Gasteiger partial charge >= 0.3 is 0 Å². The van der Waals surface area contributed by atoms with Gasteiger partial charge in [-0.05, 0) is 115 Å². The van der Waals surface area contributed by atoms with Crippen LogP contribution in [0.2, 0.25) is 0 Å². The first kappa shape index (κ1) is 32.1. The van der Waals surface area contributed by atoms with Crippen LogP contribution in [0.1, 0.15) is 5.56 Å². The molecule has 0 radical (unpaired) electrons. The number of hydrogen-bond acceptors (Lipinski definition) is 2. The van der Waals surface area contributed by atoms with Crippen molar-refractivity contribution in [2.75, 3.05) is 0 Å². The van der Waals surface area contributed by atoms with Crippen LogP contribution in [-0.2, 0) is 0 Å². The van der Waals surface area contributed by atoms with Gasteiger partial charge in [0.2, 0.25) is 0 Å². The Morgan fingerprint density at radius 3 is 1.47 bits per heavy atom. The predicted octanol–water partition coefficient (Wildman–Crippen LogP) is 13.5. The van der Waals surface area contributed by atoms with Crippen molar-refractivity contribution in [2.45, 2.75) is 0 Å². The fraction of sp³-hybridized carbons (Fsp3) is 0. The van der Waals surface area contributed by atoms with Crippen molar-refractivity contribution in [3.8, 4) is 67.7 Å². The van der Waals surface area contributed by atoms with Crippen molar-refractivity contribution in [3.05, 3.63) is 206 Å². The van der Waals surface area contributed by atoms with E-state index in [-0.39, 0.29) is 0 Å². The summed E-state index contributed by atoms with van der Waals surface area (Å²) in [5.41, 5.74) is 13.7. The smallest absolute Gasteiger partial charge is 0.145 e. The highest BCUT2D eigenvalue weighted by Gasteiger charge is 2.21. The first-order valence-electron chi connectivity index (χ1n) is 18.5. The summed E-state index contributed by atoms with van der Waals surface area (Å²) in [6.45, 7) is 0. The minimum Gasteiger partial charge on any atom is -0.292 e. The molecule has 0 unspecified atom stereocenters. The van der Waals surface area contributed by atoms with Crippen LogP contribution in [0.15, 0.2) is 200 Å². The van der Waals surface area contributed by atoms with E-state index in [1.165, 1.54) is 60.5 Å². The summed E-state index contributed by atoms with van der Waals surface area (Å²) in [6.07, 6.45) is 0. The van der Waals surface area contributed by atoms with Crippen LogP contribution >= 0.6 is 0 Å². The zero-order valence-electron chi connectivity index (χ0n) is 29.9. The second-order valence-electron chi connectivity index (χ2n) is 13.9. The van der Waals surface area contributed by atoms with E-state index in [0.29, 0.717) is 5.56 Å². The summed E-state index contributed by atoms with van der Waals surface area (Å²) in [6, 6.07) is 73.1. The van der Waals surface area contributed by atoms with E-state index in [0.717, 1.165) is 33.7 Å². The number of aromatic nitrogens is 2. The molecule has 0 amide bonds. The van der Waals surface area contributed by atoms with Gasteiger partial charge in [-0.25, -0.2) is 4.98 Å². The lowest BCUT2D eigenvalue weighted by Gasteiger charge is -2.20. The van der Waals surface area contributed by atoms with Gasteiger partial charge < -0.3 is 0 Å². The van der Waals surface area contributed by atoms with Gasteiger partial charge in [-0.3, -0.25) is 4.57 Å². The third-order valence-electron chi connectivity index (χ3n) is 10.6. The Kier molecular flexibility index (Phi) is 7.86. The second kappa shape index (κ2) is 13.5. The van der Waals surface area contributed by atoms with Gasteiger partial charge in [0.05, 0.1) is 22.7 Å². The maximum atomic E-state index is 9.72. The van der Waals surface area contributed by atoms with Crippen LogP contribution in [0.3, 0.4) is 0 Å². The largest absolute Gasteiger partial charge is 0.292 e. The lowest BCUT2D eigenvalue weighted by Crippen LogP contribution is -1.98. The Labute approximate surface area is 319 Å². The number of nitriles is 1. The molecule has 0 atom stereocenters. The van der Waals surface area contributed by atoms with Crippen molar-refractivity contribution in [3.63, 3.8) is 0 Å². The maximum absolute atomic E-state index is 9.72. The van der Waals surface area contributed by atoms with Crippen LogP contribution in [0.5, 0.6) is 0 Å². The molecule has 0 bridgehead atoms. The summed E-state index contributed by atoms with van der Waals surface area (Å²) >= 11 is 0. The topological polar surface area (TPSA) is 41.6 Å². The second-order valence-corrected chi connectivity index (χ2v) is 13.9. The molecule has 0 aliphatic rings. The van der Waals surface area contributed by atoms with Crippen molar-refractivity contribution < 1.29 is 0 Å². The number of nitrogens with zero attached hydrogens (tertiary/aromatic N) is 3. The fourth-order valence-corrected chi connectivity index (χ4v) is 8.07. The summed E-state index contributed by atoms with van der Waals surface area (Å²) in [5, 5.41) is 14.5. The van der Waals surface area contributed by atoms with Crippen molar-refractivity contribution in [2.24, 2.45) is 0 Å². The summed E-state index contributed by atoms with van der Waals surface area (Å²) in [5.74, 6) is 0.823. The standard InChI is InChI=1S/C52H33N3/c53-34-35-24-29-49-48(30-35)54-52(55(49)43-22-11-4-12-23-43)42-21-13-20-41(31-42)51-45-28-26-39(36-14-5-1-6-15-36)32-46(45)50(38-18-9-3-10-19-38)44-27-25-40(33-47(44)51)37-16-7-2-8-17-37/h1-33H. The molecule has 3 heteroatoms. The third kappa shape index (κ3) is 5.65. The normalized spacial score (nSPS) is 11.3. The molecule has 3 nitrogen and oxygen atoms in total. The van der Waals surface area contributed by atoms with Crippen molar-refractivity contribution in [1.82, 2.24) is 9.55 Å². The molecule has 1 aromatic heterocycles. The minimum absolute atomic E-state index is 0.589. The van der Waals surface area contributed by atoms with E-state index in [4.69, 9.17) is 4.98 Å². The lowest BCUT2D eigenvalue weighted by atomic mass is 9.83. The molecule has 0 spiro atoms. The fourth-order valence-electron chi connectivity index (χ4n) is 8.07. The monoisotopic (exact) mass is 699 g/mol. The van der Waals surface area contributed by atoms with E-state index >= 15 is 0 Å². The molecule has 10 rings (SSSR count). The molecule has 0 saturated carbocycles. The van der Waals surface area contributed by atoms with Gasteiger partial charge in [0, 0.05) is 11.3 Å². The summed E-state index contributed by atoms with van der Waals surface area (Å²) < 4.78 is 2.20. The molecule has 1 heterocycles. The average molecular weight is 700 g/mol. The highest BCUT2D eigenvalue weighted by atomic mass is 15.1.